The molecule has 0 aliphatic carbocycles. The normalized spacial score (nSPS) is 11.2. The van der Waals surface area contributed by atoms with Crippen molar-refractivity contribution >= 4 is 35.6 Å². The molecular formula is C36H40N6O6. The van der Waals surface area contributed by atoms with E-state index < -0.39 is 0 Å². The van der Waals surface area contributed by atoms with Crippen molar-refractivity contribution < 1.29 is 30.0 Å². The number of aliphatic hydroxyl groups excluding tert-OH is 4. The van der Waals surface area contributed by atoms with Crippen LogP contribution in [0.25, 0.3) is 11.1 Å². The minimum Gasteiger partial charge on any atom is -0.395 e. The van der Waals surface area contributed by atoms with Crippen molar-refractivity contribution in [2.75, 3.05) is 62.4 Å². The summed E-state index contributed by atoms with van der Waals surface area (Å²) in [5.74, 6) is -0.722. The van der Waals surface area contributed by atoms with Crippen LogP contribution in [-0.2, 0) is 0 Å². The molecule has 4 rings (SSSR count). The van der Waals surface area contributed by atoms with Gasteiger partial charge in [0, 0.05) is 48.7 Å². The molecule has 0 saturated carbocycles. The fraction of sp³-hybridized carbons (Fsp3) is 0.222. The van der Waals surface area contributed by atoms with Gasteiger partial charge in [0.1, 0.15) is 0 Å². The molecule has 12 nitrogen and oxygen atoms in total. The molecule has 0 atom stereocenters. The summed E-state index contributed by atoms with van der Waals surface area (Å²) >= 11 is 0. The summed E-state index contributed by atoms with van der Waals surface area (Å²) in [7, 11) is 0. The molecule has 0 spiro atoms. The predicted molar refractivity (Wildman–Crippen MR) is 188 cm³/mol. The number of carbonyl (C=O) groups excluding carboxylic acids is 2. The molecule has 2 amide bonds. The van der Waals surface area contributed by atoms with E-state index >= 15 is 0 Å². The van der Waals surface area contributed by atoms with Crippen LogP contribution >= 0.6 is 0 Å². The lowest BCUT2D eigenvalue weighted by molar-refractivity contribution is 0.0947. The van der Waals surface area contributed by atoms with E-state index in [1.54, 1.807) is 24.3 Å². The monoisotopic (exact) mass is 652 g/mol. The third-order valence-corrected chi connectivity index (χ3v) is 7.38. The summed E-state index contributed by atoms with van der Waals surface area (Å²) in [5.41, 5.74) is 11.0. The number of amides is 2. The average molecular weight is 653 g/mol. The van der Waals surface area contributed by atoms with E-state index in [-0.39, 0.29) is 38.2 Å². The quantitative estimate of drug-likeness (QED) is 0.0747. The van der Waals surface area contributed by atoms with Gasteiger partial charge < -0.3 is 30.2 Å². The third kappa shape index (κ3) is 10.3. The summed E-state index contributed by atoms with van der Waals surface area (Å²) in [6, 6.07) is 28.8. The number of benzene rings is 4. The first-order chi connectivity index (χ1) is 23.4. The van der Waals surface area contributed by atoms with Crippen LogP contribution in [0, 0.1) is 0 Å². The SMILES string of the molecule is O=C(N/N=C/c1ccc(N(CCO)CCO)cc1)c1ccc(-c2ccc(C(=O)N/N=C/c3ccc(N(CCO)CCO)cc3)cc2)cc1. The number of hydrazone groups is 2. The Labute approximate surface area is 279 Å². The zero-order chi connectivity index (χ0) is 34.1. The largest absolute Gasteiger partial charge is 0.395 e. The Morgan fingerprint density at radius 3 is 1.10 bits per heavy atom. The van der Waals surface area contributed by atoms with Crippen molar-refractivity contribution in [2.45, 2.75) is 0 Å². The molecule has 0 aliphatic heterocycles. The van der Waals surface area contributed by atoms with Gasteiger partial charge >= 0.3 is 0 Å². The second-order valence-electron chi connectivity index (χ2n) is 10.6. The summed E-state index contributed by atoms with van der Waals surface area (Å²) in [5, 5.41) is 45.0. The molecular weight excluding hydrogens is 612 g/mol. The number of anilines is 2. The Balaban J connectivity index is 1.27. The zero-order valence-corrected chi connectivity index (χ0v) is 26.4. The number of hydrogen-bond acceptors (Lipinski definition) is 10. The van der Waals surface area contributed by atoms with Crippen molar-refractivity contribution in [2.24, 2.45) is 10.2 Å². The van der Waals surface area contributed by atoms with Crippen molar-refractivity contribution in [3.05, 3.63) is 119 Å². The Bertz CT molecular complexity index is 1510. The molecule has 4 aromatic rings. The molecule has 4 aromatic carbocycles. The molecule has 0 aromatic heterocycles. The Morgan fingerprint density at radius 2 is 0.812 bits per heavy atom. The van der Waals surface area contributed by atoms with Gasteiger partial charge in [-0.2, -0.15) is 10.2 Å². The highest BCUT2D eigenvalue weighted by molar-refractivity contribution is 5.96. The molecule has 0 saturated heterocycles. The summed E-state index contributed by atoms with van der Waals surface area (Å²) < 4.78 is 0. The van der Waals surface area contributed by atoms with Crippen molar-refractivity contribution in [1.82, 2.24) is 10.9 Å². The van der Waals surface area contributed by atoms with Crippen LogP contribution < -0.4 is 20.7 Å². The number of nitrogens with one attached hydrogen (secondary N) is 2. The van der Waals surface area contributed by atoms with Crippen LogP contribution in [0.5, 0.6) is 0 Å². The molecule has 0 fully saturated rings. The van der Waals surface area contributed by atoms with Crippen LogP contribution in [0.2, 0.25) is 0 Å². The maximum absolute atomic E-state index is 12.6. The van der Waals surface area contributed by atoms with Crippen LogP contribution in [0.1, 0.15) is 31.8 Å². The third-order valence-electron chi connectivity index (χ3n) is 7.38. The number of rotatable bonds is 17. The predicted octanol–water partition coefficient (Wildman–Crippen LogP) is 2.46. The molecule has 0 heterocycles. The lowest BCUT2D eigenvalue weighted by atomic mass is 10.0. The highest BCUT2D eigenvalue weighted by Gasteiger charge is 2.09. The van der Waals surface area contributed by atoms with Gasteiger partial charge in [-0.05, 0) is 70.8 Å². The first kappa shape index (κ1) is 35.5. The standard InChI is InChI=1S/C36H40N6O6/c43-21-17-41(18-22-44)33-13-1-27(2-14-33)25-37-39-35(47)31-9-5-29(6-10-31)30-7-11-32(12-8-30)36(48)40-38-26-28-3-15-34(16-4-28)42(19-23-45)20-24-46/h1-16,25-26,43-46H,17-24H2,(H,39,47)(H,40,48)/b37-25+,38-26+. The van der Waals surface area contributed by atoms with Crippen LogP contribution in [-0.4, -0.2) is 97.3 Å². The molecule has 0 radical (unpaired) electrons. The molecule has 0 bridgehead atoms. The van der Waals surface area contributed by atoms with Crippen molar-refractivity contribution in [1.29, 1.82) is 0 Å². The highest BCUT2D eigenvalue weighted by atomic mass is 16.3. The van der Waals surface area contributed by atoms with E-state index in [1.165, 1.54) is 12.4 Å². The highest BCUT2D eigenvalue weighted by Crippen LogP contribution is 2.21. The van der Waals surface area contributed by atoms with Crippen LogP contribution in [0.3, 0.4) is 0 Å². The molecule has 250 valence electrons. The number of carbonyl (C=O) groups is 2. The van der Waals surface area contributed by atoms with Crippen LogP contribution in [0.4, 0.5) is 11.4 Å². The molecule has 0 unspecified atom stereocenters. The van der Waals surface area contributed by atoms with Gasteiger partial charge in [0.25, 0.3) is 11.8 Å². The maximum atomic E-state index is 12.6. The van der Waals surface area contributed by atoms with Gasteiger partial charge in [0.2, 0.25) is 0 Å². The van der Waals surface area contributed by atoms with Crippen LogP contribution in [0.15, 0.2) is 107 Å². The fourth-order valence-electron chi connectivity index (χ4n) is 4.85. The number of hydrogen-bond donors (Lipinski definition) is 6. The van der Waals surface area contributed by atoms with Gasteiger partial charge in [-0.25, -0.2) is 10.9 Å². The lowest BCUT2D eigenvalue weighted by Gasteiger charge is -2.22. The fourth-order valence-corrected chi connectivity index (χ4v) is 4.85. The van der Waals surface area contributed by atoms with Gasteiger partial charge in [0.15, 0.2) is 0 Å². The van der Waals surface area contributed by atoms with E-state index in [1.807, 2.05) is 82.6 Å². The van der Waals surface area contributed by atoms with Gasteiger partial charge in [-0.15, -0.1) is 0 Å². The summed E-state index contributed by atoms with van der Waals surface area (Å²) in [6.45, 7) is 1.60. The molecule has 12 heteroatoms. The van der Waals surface area contributed by atoms with E-state index in [0.29, 0.717) is 37.3 Å². The first-order valence-electron chi connectivity index (χ1n) is 15.5. The van der Waals surface area contributed by atoms with Gasteiger partial charge in [-0.3, -0.25) is 9.59 Å². The minimum atomic E-state index is -0.361. The number of aliphatic hydroxyl groups is 4. The van der Waals surface area contributed by atoms with Gasteiger partial charge in [-0.1, -0.05) is 48.5 Å². The first-order valence-corrected chi connectivity index (χ1v) is 15.5. The topological polar surface area (TPSA) is 170 Å². The van der Waals surface area contributed by atoms with E-state index in [0.717, 1.165) is 33.6 Å². The van der Waals surface area contributed by atoms with E-state index in [2.05, 4.69) is 21.1 Å². The Hall–Kier alpha value is -5.40. The van der Waals surface area contributed by atoms with E-state index in [9.17, 15) is 30.0 Å². The Morgan fingerprint density at radius 1 is 0.500 bits per heavy atom. The molecule has 0 aliphatic rings. The summed E-state index contributed by atoms with van der Waals surface area (Å²) in [6.07, 6.45) is 3.07. The average Bonchev–Trinajstić information content (AvgIpc) is 3.12. The molecule has 48 heavy (non-hydrogen) atoms. The molecule has 6 N–H and O–H groups in total. The second kappa shape index (κ2) is 18.7. The van der Waals surface area contributed by atoms with Crippen molar-refractivity contribution in [3.63, 3.8) is 0 Å². The Kier molecular flexibility index (Phi) is 13.8. The maximum Gasteiger partial charge on any atom is 0.271 e. The summed E-state index contributed by atoms with van der Waals surface area (Å²) in [4.78, 5) is 28.9. The van der Waals surface area contributed by atoms with Gasteiger partial charge in [0.05, 0.1) is 38.9 Å². The minimum absolute atomic E-state index is 0.0164. The number of nitrogens with zero attached hydrogens (tertiary/aromatic N) is 4. The lowest BCUT2D eigenvalue weighted by Crippen LogP contribution is -2.29. The van der Waals surface area contributed by atoms with E-state index in [4.69, 9.17) is 0 Å². The zero-order valence-electron chi connectivity index (χ0n) is 26.4. The van der Waals surface area contributed by atoms with Crippen molar-refractivity contribution in [3.8, 4) is 11.1 Å². The smallest absolute Gasteiger partial charge is 0.271 e. The second-order valence-corrected chi connectivity index (χ2v) is 10.6.